The first-order chi connectivity index (χ1) is 4.61. The summed E-state index contributed by atoms with van der Waals surface area (Å²) < 4.78 is 0. The van der Waals surface area contributed by atoms with Crippen LogP contribution in [0, 0.1) is 5.92 Å². The Labute approximate surface area is 61.2 Å². The molecule has 0 aromatic rings. The molecule has 1 saturated carbocycles. The second-order valence-electron chi connectivity index (χ2n) is 3.12. The van der Waals surface area contributed by atoms with Crippen LogP contribution in [0.25, 0.3) is 0 Å². The zero-order valence-corrected chi connectivity index (χ0v) is 6.30. The number of rotatable bonds is 2. The summed E-state index contributed by atoms with van der Waals surface area (Å²) in [4.78, 5) is 0. The van der Waals surface area contributed by atoms with E-state index in [9.17, 15) is 5.11 Å². The normalized spacial score (nSPS) is 38.9. The molecular weight excluding hydrogens is 128 g/mol. The Morgan fingerprint density at radius 2 is 2.40 bits per heavy atom. The standard InChI is InChI=1S/C8H14O2/c1-6(2)8(10)4-3-7(8)5-9/h7,9-10H,1,3-5H2,2H3/t7-,8?/m1/s1. The average Bonchev–Trinajstić information content (AvgIpc) is 1.85. The molecule has 1 rings (SSSR count). The van der Waals surface area contributed by atoms with Crippen LogP contribution in [0.3, 0.4) is 0 Å². The molecular formula is C8H14O2. The molecule has 0 bridgehead atoms. The van der Waals surface area contributed by atoms with Gasteiger partial charge >= 0.3 is 0 Å². The lowest BCUT2D eigenvalue weighted by molar-refractivity contribution is -0.0818. The van der Waals surface area contributed by atoms with E-state index in [1.54, 1.807) is 0 Å². The maximum Gasteiger partial charge on any atom is 0.0901 e. The van der Waals surface area contributed by atoms with Crippen molar-refractivity contribution in [1.29, 1.82) is 0 Å². The van der Waals surface area contributed by atoms with Crippen LogP contribution in [0.15, 0.2) is 12.2 Å². The van der Waals surface area contributed by atoms with Gasteiger partial charge in [0.05, 0.1) is 5.60 Å². The largest absolute Gasteiger partial charge is 0.396 e. The molecule has 0 heterocycles. The Kier molecular flexibility index (Phi) is 1.84. The molecule has 2 heteroatoms. The van der Waals surface area contributed by atoms with Crippen molar-refractivity contribution in [2.75, 3.05) is 6.61 Å². The smallest absolute Gasteiger partial charge is 0.0901 e. The number of hydrogen-bond acceptors (Lipinski definition) is 2. The zero-order valence-electron chi connectivity index (χ0n) is 6.30. The van der Waals surface area contributed by atoms with E-state index in [-0.39, 0.29) is 12.5 Å². The van der Waals surface area contributed by atoms with Gasteiger partial charge in [0.1, 0.15) is 0 Å². The molecule has 0 spiro atoms. The summed E-state index contributed by atoms with van der Waals surface area (Å²) in [6.07, 6.45) is 1.67. The molecule has 1 fully saturated rings. The molecule has 2 atom stereocenters. The molecule has 0 aromatic heterocycles. The molecule has 0 amide bonds. The number of hydrogen-bond donors (Lipinski definition) is 2. The van der Waals surface area contributed by atoms with Crippen molar-refractivity contribution in [2.24, 2.45) is 5.92 Å². The Balaban J connectivity index is 2.61. The fourth-order valence-corrected chi connectivity index (χ4v) is 1.43. The molecule has 0 radical (unpaired) electrons. The van der Waals surface area contributed by atoms with Crippen molar-refractivity contribution < 1.29 is 10.2 Å². The summed E-state index contributed by atoms with van der Waals surface area (Å²) in [6, 6.07) is 0. The highest BCUT2D eigenvalue weighted by Gasteiger charge is 2.45. The van der Waals surface area contributed by atoms with E-state index in [0.29, 0.717) is 0 Å². The third-order valence-corrected chi connectivity index (χ3v) is 2.51. The fourth-order valence-electron chi connectivity index (χ4n) is 1.43. The topological polar surface area (TPSA) is 40.5 Å². The number of aliphatic hydroxyl groups is 2. The first-order valence-corrected chi connectivity index (χ1v) is 3.60. The molecule has 1 aliphatic carbocycles. The predicted octanol–water partition coefficient (Wildman–Crippen LogP) is 0.696. The summed E-state index contributed by atoms with van der Waals surface area (Å²) >= 11 is 0. The lowest BCUT2D eigenvalue weighted by Crippen LogP contribution is -2.49. The molecule has 0 aliphatic heterocycles. The highest BCUT2D eigenvalue weighted by Crippen LogP contribution is 2.42. The molecule has 2 nitrogen and oxygen atoms in total. The summed E-state index contributed by atoms with van der Waals surface area (Å²) in [5, 5.41) is 18.5. The van der Waals surface area contributed by atoms with E-state index in [1.165, 1.54) is 0 Å². The van der Waals surface area contributed by atoms with Gasteiger partial charge in [0, 0.05) is 12.5 Å². The van der Waals surface area contributed by atoms with E-state index >= 15 is 0 Å². The van der Waals surface area contributed by atoms with Crippen LogP contribution in [0.5, 0.6) is 0 Å². The van der Waals surface area contributed by atoms with Gasteiger partial charge in [-0.3, -0.25) is 0 Å². The Hall–Kier alpha value is -0.340. The van der Waals surface area contributed by atoms with E-state index in [1.807, 2.05) is 6.92 Å². The Bertz CT molecular complexity index is 151. The molecule has 1 unspecified atom stereocenters. The average molecular weight is 142 g/mol. The molecule has 58 valence electrons. The van der Waals surface area contributed by atoms with Gasteiger partial charge in [-0.15, -0.1) is 0 Å². The second-order valence-corrected chi connectivity index (χ2v) is 3.12. The van der Waals surface area contributed by atoms with E-state index in [0.717, 1.165) is 18.4 Å². The van der Waals surface area contributed by atoms with Gasteiger partial charge in [0.2, 0.25) is 0 Å². The highest BCUT2D eigenvalue weighted by molar-refractivity contribution is 5.17. The van der Waals surface area contributed by atoms with Crippen LogP contribution < -0.4 is 0 Å². The van der Waals surface area contributed by atoms with Crippen molar-refractivity contribution in [3.63, 3.8) is 0 Å². The number of aliphatic hydroxyl groups excluding tert-OH is 1. The van der Waals surface area contributed by atoms with Gasteiger partial charge in [0.15, 0.2) is 0 Å². The van der Waals surface area contributed by atoms with E-state index in [2.05, 4.69) is 6.58 Å². The highest BCUT2D eigenvalue weighted by atomic mass is 16.3. The summed E-state index contributed by atoms with van der Waals surface area (Å²) in [6.45, 7) is 5.57. The molecule has 0 saturated heterocycles. The minimum absolute atomic E-state index is 0.0324. The minimum Gasteiger partial charge on any atom is -0.396 e. The van der Waals surface area contributed by atoms with Crippen molar-refractivity contribution in [1.82, 2.24) is 0 Å². The summed E-state index contributed by atoms with van der Waals surface area (Å²) in [5.74, 6) is 0.0324. The van der Waals surface area contributed by atoms with Crippen molar-refractivity contribution >= 4 is 0 Å². The monoisotopic (exact) mass is 142 g/mol. The van der Waals surface area contributed by atoms with E-state index in [4.69, 9.17) is 5.11 Å². The van der Waals surface area contributed by atoms with Crippen molar-refractivity contribution in [3.05, 3.63) is 12.2 Å². The SMILES string of the molecule is C=C(C)C1(O)CC[C@@H]1CO. The quantitative estimate of drug-likeness (QED) is 0.557. The van der Waals surface area contributed by atoms with Crippen LogP contribution >= 0.6 is 0 Å². The van der Waals surface area contributed by atoms with Gasteiger partial charge in [-0.1, -0.05) is 6.58 Å². The molecule has 0 aromatic carbocycles. The van der Waals surface area contributed by atoms with Gasteiger partial charge < -0.3 is 10.2 Å². The summed E-state index contributed by atoms with van der Waals surface area (Å²) in [5.41, 5.74) is 0.0205. The molecule has 2 N–H and O–H groups in total. The van der Waals surface area contributed by atoms with Gasteiger partial charge in [-0.05, 0) is 25.3 Å². The Morgan fingerprint density at radius 1 is 1.80 bits per heavy atom. The summed E-state index contributed by atoms with van der Waals surface area (Å²) in [7, 11) is 0. The third kappa shape index (κ3) is 0.879. The maximum absolute atomic E-state index is 9.69. The van der Waals surface area contributed by atoms with Crippen LogP contribution in [-0.4, -0.2) is 22.4 Å². The molecule has 10 heavy (non-hydrogen) atoms. The zero-order chi connectivity index (χ0) is 7.78. The van der Waals surface area contributed by atoms with Crippen molar-refractivity contribution in [3.8, 4) is 0 Å². The fraction of sp³-hybridized carbons (Fsp3) is 0.750. The lowest BCUT2D eigenvalue weighted by Gasteiger charge is -2.45. The maximum atomic E-state index is 9.69. The minimum atomic E-state index is -0.755. The van der Waals surface area contributed by atoms with Gasteiger partial charge in [-0.2, -0.15) is 0 Å². The van der Waals surface area contributed by atoms with Crippen LogP contribution in [-0.2, 0) is 0 Å². The molecule has 1 aliphatic rings. The van der Waals surface area contributed by atoms with Crippen LogP contribution in [0.4, 0.5) is 0 Å². The second kappa shape index (κ2) is 2.36. The van der Waals surface area contributed by atoms with Crippen molar-refractivity contribution in [2.45, 2.75) is 25.4 Å². The first-order valence-electron chi connectivity index (χ1n) is 3.60. The lowest BCUT2D eigenvalue weighted by atomic mass is 9.66. The Morgan fingerprint density at radius 3 is 2.50 bits per heavy atom. The van der Waals surface area contributed by atoms with Gasteiger partial charge in [0.25, 0.3) is 0 Å². The van der Waals surface area contributed by atoms with Crippen LogP contribution in [0.1, 0.15) is 19.8 Å². The predicted molar refractivity (Wildman–Crippen MR) is 39.6 cm³/mol. The van der Waals surface area contributed by atoms with E-state index < -0.39 is 5.60 Å². The van der Waals surface area contributed by atoms with Gasteiger partial charge in [-0.25, -0.2) is 0 Å². The third-order valence-electron chi connectivity index (χ3n) is 2.51. The first kappa shape index (κ1) is 7.76. The van der Waals surface area contributed by atoms with Crippen LogP contribution in [0.2, 0.25) is 0 Å².